The summed E-state index contributed by atoms with van der Waals surface area (Å²) in [6, 6.07) is 2.37. The van der Waals surface area contributed by atoms with Crippen LogP contribution in [0.4, 0.5) is 0 Å². The predicted octanol–water partition coefficient (Wildman–Crippen LogP) is 1.57. The Morgan fingerprint density at radius 2 is 2.00 bits per heavy atom. The molecule has 0 aromatic carbocycles. The molecule has 0 saturated carbocycles. The van der Waals surface area contributed by atoms with Crippen molar-refractivity contribution in [3.8, 4) is 0 Å². The Bertz CT molecular complexity index is 400. The summed E-state index contributed by atoms with van der Waals surface area (Å²) in [4.78, 5) is 2.63. The Labute approximate surface area is 116 Å². The van der Waals surface area contributed by atoms with Crippen molar-refractivity contribution in [2.24, 2.45) is 7.05 Å². The van der Waals surface area contributed by atoms with E-state index in [1.54, 1.807) is 0 Å². The third kappa shape index (κ3) is 3.00. The first-order valence-electron chi connectivity index (χ1n) is 7.65. The summed E-state index contributed by atoms with van der Waals surface area (Å²) >= 11 is 0. The van der Waals surface area contributed by atoms with Crippen LogP contribution < -0.4 is 5.32 Å². The van der Waals surface area contributed by atoms with Gasteiger partial charge in [0.2, 0.25) is 0 Å². The van der Waals surface area contributed by atoms with Crippen molar-refractivity contribution in [3.63, 3.8) is 0 Å². The maximum atomic E-state index is 4.22. The second kappa shape index (κ2) is 5.63. The van der Waals surface area contributed by atoms with E-state index in [0.717, 1.165) is 31.1 Å². The third-order valence-electron chi connectivity index (χ3n) is 4.94. The van der Waals surface area contributed by atoms with E-state index in [2.05, 4.69) is 28.6 Å². The highest BCUT2D eigenvalue weighted by atomic mass is 15.2. The summed E-state index contributed by atoms with van der Waals surface area (Å²) < 4.78 is 1.88. The van der Waals surface area contributed by atoms with Crippen LogP contribution in [0.1, 0.15) is 37.7 Å². The fourth-order valence-electron chi connectivity index (χ4n) is 3.80. The fourth-order valence-corrected chi connectivity index (χ4v) is 3.80. The second-order valence-electron chi connectivity index (χ2n) is 6.30. The zero-order valence-corrected chi connectivity index (χ0v) is 12.2. The monoisotopic (exact) mass is 262 g/mol. The van der Waals surface area contributed by atoms with Crippen LogP contribution in [0, 0.1) is 0 Å². The number of nitrogens with zero attached hydrogens (tertiary/aromatic N) is 3. The molecule has 106 valence electrons. The lowest BCUT2D eigenvalue weighted by Gasteiger charge is -2.47. The van der Waals surface area contributed by atoms with Gasteiger partial charge in [-0.1, -0.05) is 6.42 Å². The smallest absolute Gasteiger partial charge is 0.0522 e. The molecular weight excluding hydrogens is 236 g/mol. The van der Waals surface area contributed by atoms with Gasteiger partial charge >= 0.3 is 0 Å². The molecule has 0 radical (unpaired) electrons. The maximum absolute atomic E-state index is 4.22. The lowest BCUT2D eigenvalue weighted by molar-refractivity contribution is 0.0488. The van der Waals surface area contributed by atoms with Crippen LogP contribution in [0.3, 0.4) is 0 Å². The van der Waals surface area contributed by atoms with Gasteiger partial charge in [0.1, 0.15) is 0 Å². The molecule has 3 heterocycles. The van der Waals surface area contributed by atoms with E-state index in [4.69, 9.17) is 0 Å². The fraction of sp³-hybridized carbons (Fsp3) is 0.800. The minimum atomic E-state index is 0.725. The van der Waals surface area contributed by atoms with Crippen LogP contribution >= 0.6 is 0 Å². The van der Waals surface area contributed by atoms with E-state index in [1.165, 1.54) is 37.7 Å². The van der Waals surface area contributed by atoms with Gasteiger partial charge in [0.05, 0.1) is 6.20 Å². The molecule has 3 rings (SSSR count). The number of hydrogen-bond donors (Lipinski definition) is 1. The van der Waals surface area contributed by atoms with E-state index in [1.807, 2.05) is 17.9 Å². The van der Waals surface area contributed by atoms with Gasteiger partial charge < -0.3 is 10.2 Å². The largest absolute Gasteiger partial charge is 0.314 e. The van der Waals surface area contributed by atoms with Crippen molar-refractivity contribution in [1.82, 2.24) is 20.0 Å². The van der Waals surface area contributed by atoms with Crippen molar-refractivity contribution in [2.45, 2.75) is 56.7 Å². The number of rotatable bonds is 4. The Morgan fingerprint density at radius 1 is 1.26 bits per heavy atom. The zero-order valence-electron chi connectivity index (χ0n) is 12.2. The van der Waals surface area contributed by atoms with E-state index >= 15 is 0 Å². The molecule has 1 N–H and O–H groups in total. The van der Waals surface area contributed by atoms with Crippen molar-refractivity contribution in [1.29, 1.82) is 0 Å². The van der Waals surface area contributed by atoms with Gasteiger partial charge in [0.25, 0.3) is 0 Å². The van der Waals surface area contributed by atoms with Gasteiger partial charge in [-0.2, -0.15) is 5.10 Å². The Kier molecular flexibility index (Phi) is 3.89. The minimum absolute atomic E-state index is 0.725. The molecule has 1 aromatic heterocycles. The summed E-state index contributed by atoms with van der Waals surface area (Å²) in [5.74, 6) is 0. The SMILES string of the molecule is CN1C2CCCC1CC(NCCc1cnn(C)c1)C2. The molecule has 4 heteroatoms. The van der Waals surface area contributed by atoms with Crippen molar-refractivity contribution >= 4 is 0 Å². The Morgan fingerprint density at radius 3 is 2.63 bits per heavy atom. The van der Waals surface area contributed by atoms with Gasteiger partial charge in [-0.3, -0.25) is 4.68 Å². The minimum Gasteiger partial charge on any atom is -0.314 e. The summed E-state index contributed by atoms with van der Waals surface area (Å²) in [5.41, 5.74) is 1.34. The van der Waals surface area contributed by atoms with Crippen LogP contribution in [0.2, 0.25) is 0 Å². The van der Waals surface area contributed by atoms with Crippen LogP contribution in [-0.4, -0.2) is 46.4 Å². The lowest BCUT2D eigenvalue weighted by atomic mass is 9.82. The molecule has 1 aromatic rings. The van der Waals surface area contributed by atoms with Crippen LogP contribution in [0.15, 0.2) is 12.4 Å². The standard InChI is InChI=1S/C15H26N4/c1-18-11-12(10-17-18)6-7-16-13-8-14-4-3-5-15(9-13)19(14)2/h10-11,13-16H,3-9H2,1-2H3. The first-order valence-corrected chi connectivity index (χ1v) is 7.65. The molecule has 2 bridgehead atoms. The molecule has 2 aliphatic rings. The summed E-state index contributed by atoms with van der Waals surface area (Å²) in [5, 5.41) is 7.99. The predicted molar refractivity (Wildman–Crippen MR) is 77.1 cm³/mol. The van der Waals surface area contributed by atoms with Gasteiger partial charge in [-0.05, 0) is 51.3 Å². The highest BCUT2D eigenvalue weighted by Gasteiger charge is 2.35. The molecule has 0 spiro atoms. The summed E-state index contributed by atoms with van der Waals surface area (Å²) in [6.07, 6.45) is 12.1. The van der Waals surface area contributed by atoms with Crippen LogP contribution in [-0.2, 0) is 13.5 Å². The van der Waals surface area contributed by atoms with Crippen molar-refractivity contribution in [2.75, 3.05) is 13.6 Å². The lowest BCUT2D eigenvalue weighted by Crippen LogP contribution is -2.54. The molecule has 0 amide bonds. The van der Waals surface area contributed by atoms with Gasteiger partial charge in [-0.25, -0.2) is 0 Å². The molecule has 2 saturated heterocycles. The number of fused-ring (bicyclic) bond motifs is 2. The van der Waals surface area contributed by atoms with Gasteiger partial charge in [0, 0.05) is 31.4 Å². The van der Waals surface area contributed by atoms with Crippen LogP contribution in [0.25, 0.3) is 0 Å². The molecular formula is C15H26N4. The first kappa shape index (κ1) is 13.1. The highest BCUT2D eigenvalue weighted by molar-refractivity contribution is 5.04. The van der Waals surface area contributed by atoms with Crippen LogP contribution in [0.5, 0.6) is 0 Å². The number of nitrogens with one attached hydrogen (secondary N) is 1. The Hall–Kier alpha value is -0.870. The molecule has 19 heavy (non-hydrogen) atoms. The number of aryl methyl sites for hydroxylation is 1. The quantitative estimate of drug-likeness (QED) is 0.894. The number of aromatic nitrogens is 2. The van der Waals surface area contributed by atoms with Gasteiger partial charge in [0.15, 0.2) is 0 Å². The average molecular weight is 262 g/mol. The molecule has 0 aliphatic carbocycles. The maximum Gasteiger partial charge on any atom is 0.0522 e. The molecule has 2 fully saturated rings. The average Bonchev–Trinajstić information content (AvgIpc) is 2.76. The van der Waals surface area contributed by atoms with E-state index in [9.17, 15) is 0 Å². The van der Waals surface area contributed by atoms with Gasteiger partial charge in [-0.15, -0.1) is 0 Å². The summed E-state index contributed by atoms with van der Waals surface area (Å²) in [6.45, 7) is 1.08. The van der Waals surface area contributed by atoms with Crippen molar-refractivity contribution in [3.05, 3.63) is 18.0 Å². The molecule has 4 nitrogen and oxygen atoms in total. The number of hydrogen-bond acceptors (Lipinski definition) is 3. The van der Waals surface area contributed by atoms with E-state index in [-0.39, 0.29) is 0 Å². The van der Waals surface area contributed by atoms with Crippen molar-refractivity contribution < 1.29 is 0 Å². The zero-order chi connectivity index (χ0) is 13.2. The topological polar surface area (TPSA) is 33.1 Å². The summed E-state index contributed by atoms with van der Waals surface area (Å²) in [7, 11) is 4.30. The molecule has 2 aliphatic heterocycles. The van der Waals surface area contributed by atoms with E-state index < -0.39 is 0 Å². The Balaban J connectivity index is 1.46. The van der Waals surface area contributed by atoms with E-state index in [0.29, 0.717) is 0 Å². The number of piperidine rings is 2. The molecule has 2 atom stereocenters. The normalized spacial score (nSPS) is 31.6. The second-order valence-corrected chi connectivity index (χ2v) is 6.30. The molecule has 2 unspecified atom stereocenters. The third-order valence-corrected chi connectivity index (χ3v) is 4.94. The first-order chi connectivity index (χ1) is 9.22. The highest BCUT2D eigenvalue weighted by Crippen LogP contribution is 2.32.